The third kappa shape index (κ3) is 6.47. The molecule has 2 aromatic carbocycles. The van der Waals surface area contributed by atoms with Gasteiger partial charge in [-0.2, -0.15) is 0 Å². The van der Waals surface area contributed by atoms with Gasteiger partial charge in [0, 0.05) is 34.1 Å². The fraction of sp³-hybridized carbons (Fsp3) is 0.308. The van der Waals surface area contributed by atoms with Gasteiger partial charge in [-0.3, -0.25) is 9.78 Å². The van der Waals surface area contributed by atoms with Crippen LogP contribution in [-0.2, 0) is 4.79 Å². The summed E-state index contributed by atoms with van der Waals surface area (Å²) in [5.74, 6) is 0.816. The number of hydrogen-bond donors (Lipinski definition) is 2. The van der Waals surface area contributed by atoms with Crippen LogP contribution in [0.25, 0.3) is 11.1 Å². The summed E-state index contributed by atoms with van der Waals surface area (Å²) in [5, 5.41) is 7.92. The number of nitrogens with one attached hydrogen (secondary N) is 2. The van der Waals surface area contributed by atoms with E-state index in [1.165, 1.54) is 0 Å². The predicted octanol–water partition coefficient (Wildman–Crippen LogP) is 5.68. The molecular formula is C26H27Cl2N3O2. The number of rotatable bonds is 8. The van der Waals surface area contributed by atoms with Crippen LogP contribution in [-0.4, -0.2) is 30.6 Å². The molecule has 2 N–H and O–H groups in total. The van der Waals surface area contributed by atoms with E-state index in [4.69, 9.17) is 27.9 Å². The number of amides is 1. The molecule has 0 bridgehead atoms. The summed E-state index contributed by atoms with van der Waals surface area (Å²) in [5.41, 5.74) is 2.79. The van der Waals surface area contributed by atoms with Crippen molar-refractivity contribution in [3.05, 3.63) is 82.6 Å². The number of carbonyl (C=O) groups is 1. The molecule has 1 atom stereocenters. The summed E-state index contributed by atoms with van der Waals surface area (Å²) < 4.78 is 5.94. The molecule has 1 aromatic heterocycles. The molecule has 7 heteroatoms. The van der Waals surface area contributed by atoms with Crippen LogP contribution in [0, 0.1) is 5.92 Å². The first-order valence-electron chi connectivity index (χ1n) is 11.2. The smallest absolute Gasteiger partial charge is 0.223 e. The summed E-state index contributed by atoms with van der Waals surface area (Å²) >= 11 is 12.1. The second kappa shape index (κ2) is 11.5. The van der Waals surface area contributed by atoms with Gasteiger partial charge in [0.15, 0.2) is 0 Å². The van der Waals surface area contributed by atoms with Gasteiger partial charge in [0.05, 0.1) is 18.3 Å². The van der Waals surface area contributed by atoms with Crippen molar-refractivity contribution in [3.63, 3.8) is 0 Å². The molecule has 1 amide bonds. The summed E-state index contributed by atoms with van der Waals surface area (Å²) in [4.78, 5) is 17.8. The molecule has 3 aromatic rings. The van der Waals surface area contributed by atoms with E-state index in [1.54, 1.807) is 18.3 Å². The minimum atomic E-state index is -0.286. The number of hydrogen-bond acceptors (Lipinski definition) is 4. The number of aromatic nitrogens is 1. The molecule has 172 valence electrons. The molecule has 0 saturated carbocycles. The fourth-order valence-corrected chi connectivity index (χ4v) is 4.30. The average molecular weight is 484 g/mol. The van der Waals surface area contributed by atoms with Gasteiger partial charge in [-0.1, -0.05) is 41.4 Å². The highest BCUT2D eigenvalue weighted by molar-refractivity contribution is 6.30. The van der Waals surface area contributed by atoms with E-state index in [0.717, 1.165) is 48.5 Å². The van der Waals surface area contributed by atoms with Crippen molar-refractivity contribution in [2.75, 3.05) is 19.7 Å². The standard InChI is InChI=1S/C26H27Cl2N3O2/c27-20-5-3-18(4-6-20)23-2-1-14-30-25(23)24(31-26(32)19-11-15-29-16-12-19)13-17-33-22-9-7-21(28)8-10-22/h1-10,14,19,24,29H,11-13,15-17H2,(H,31,32)/t24-/m0/s1. The van der Waals surface area contributed by atoms with Gasteiger partial charge < -0.3 is 15.4 Å². The van der Waals surface area contributed by atoms with Crippen molar-refractivity contribution >= 4 is 29.1 Å². The Kier molecular flexibility index (Phi) is 8.21. The van der Waals surface area contributed by atoms with E-state index in [9.17, 15) is 4.79 Å². The van der Waals surface area contributed by atoms with Crippen LogP contribution < -0.4 is 15.4 Å². The van der Waals surface area contributed by atoms with Crippen molar-refractivity contribution in [3.8, 4) is 16.9 Å². The summed E-state index contributed by atoms with van der Waals surface area (Å²) in [6.07, 6.45) is 4.02. The van der Waals surface area contributed by atoms with Crippen LogP contribution >= 0.6 is 23.2 Å². The quantitative estimate of drug-likeness (QED) is 0.432. The van der Waals surface area contributed by atoms with Crippen LogP contribution in [0.2, 0.25) is 10.0 Å². The minimum absolute atomic E-state index is 0.00799. The van der Waals surface area contributed by atoms with Gasteiger partial charge in [0.1, 0.15) is 5.75 Å². The molecule has 1 saturated heterocycles. The Hall–Kier alpha value is -2.60. The monoisotopic (exact) mass is 483 g/mol. The van der Waals surface area contributed by atoms with Crippen LogP contribution in [0.5, 0.6) is 5.75 Å². The highest BCUT2D eigenvalue weighted by Gasteiger charge is 2.26. The molecule has 1 aliphatic rings. The molecule has 5 nitrogen and oxygen atoms in total. The lowest BCUT2D eigenvalue weighted by Gasteiger charge is -2.26. The Morgan fingerprint density at radius 2 is 1.70 bits per heavy atom. The SMILES string of the molecule is O=C(N[C@@H](CCOc1ccc(Cl)cc1)c1ncccc1-c1ccc(Cl)cc1)C1CCNCC1. The molecule has 0 aliphatic carbocycles. The van der Waals surface area contributed by atoms with Gasteiger partial charge >= 0.3 is 0 Å². The largest absolute Gasteiger partial charge is 0.494 e. The van der Waals surface area contributed by atoms with Gasteiger partial charge in [-0.05, 0) is 74.0 Å². The molecule has 0 radical (unpaired) electrons. The van der Waals surface area contributed by atoms with E-state index in [2.05, 4.69) is 15.6 Å². The first-order chi connectivity index (χ1) is 16.1. The third-order valence-corrected chi connectivity index (χ3v) is 6.34. The predicted molar refractivity (Wildman–Crippen MR) is 133 cm³/mol. The van der Waals surface area contributed by atoms with Crippen LogP contribution in [0.1, 0.15) is 31.0 Å². The Morgan fingerprint density at radius 3 is 2.39 bits per heavy atom. The maximum Gasteiger partial charge on any atom is 0.223 e. The number of nitrogens with zero attached hydrogens (tertiary/aromatic N) is 1. The highest BCUT2D eigenvalue weighted by atomic mass is 35.5. The number of carbonyl (C=O) groups excluding carboxylic acids is 1. The molecule has 0 spiro atoms. The lowest BCUT2D eigenvalue weighted by Crippen LogP contribution is -2.40. The fourth-order valence-electron chi connectivity index (χ4n) is 4.05. The molecule has 1 aliphatic heterocycles. The lowest BCUT2D eigenvalue weighted by atomic mass is 9.94. The van der Waals surface area contributed by atoms with E-state index in [1.807, 2.05) is 48.5 Å². The number of ether oxygens (including phenoxy) is 1. The number of halogens is 2. The zero-order chi connectivity index (χ0) is 23.0. The van der Waals surface area contributed by atoms with Crippen molar-refractivity contribution in [2.24, 2.45) is 5.92 Å². The van der Waals surface area contributed by atoms with Gasteiger partial charge in [-0.15, -0.1) is 0 Å². The maximum absolute atomic E-state index is 13.1. The van der Waals surface area contributed by atoms with E-state index in [-0.39, 0.29) is 17.9 Å². The van der Waals surface area contributed by atoms with E-state index in [0.29, 0.717) is 23.1 Å². The zero-order valence-corrected chi connectivity index (χ0v) is 19.8. The molecule has 1 fully saturated rings. The molecule has 0 unspecified atom stereocenters. The topological polar surface area (TPSA) is 63.2 Å². The normalized spacial score (nSPS) is 15.1. The average Bonchev–Trinajstić information content (AvgIpc) is 2.85. The minimum Gasteiger partial charge on any atom is -0.494 e. The zero-order valence-electron chi connectivity index (χ0n) is 18.3. The van der Waals surface area contributed by atoms with Crippen LogP contribution in [0.3, 0.4) is 0 Å². The van der Waals surface area contributed by atoms with Crippen molar-refractivity contribution in [2.45, 2.75) is 25.3 Å². The Balaban J connectivity index is 1.55. The van der Waals surface area contributed by atoms with E-state index < -0.39 is 0 Å². The van der Waals surface area contributed by atoms with Gasteiger partial charge in [-0.25, -0.2) is 0 Å². The van der Waals surface area contributed by atoms with Crippen LogP contribution in [0.15, 0.2) is 66.9 Å². The Morgan fingerprint density at radius 1 is 1.03 bits per heavy atom. The van der Waals surface area contributed by atoms with E-state index >= 15 is 0 Å². The van der Waals surface area contributed by atoms with Gasteiger partial charge in [0.25, 0.3) is 0 Å². The van der Waals surface area contributed by atoms with Crippen LogP contribution in [0.4, 0.5) is 0 Å². The maximum atomic E-state index is 13.1. The van der Waals surface area contributed by atoms with Gasteiger partial charge in [0.2, 0.25) is 5.91 Å². The van der Waals surface area contributed by atoms with Crippen molar-refractivity contribution in [1.29, 1.82) is 0 Å². The summed E-state index contributed by atoms with van der Waals surface area (Å²) in [6.45, 7) is 2.15. The summed E-state index contributed by atoms with van der Waals surface area (Å²) in [7, 11) is 0. The van der Waals surface area contributed by atoms with Crippen molar-refractivity contribution < 1.29 is 9.53 Å². The number of pyridine rings is 1. The summed E-state index contributed by atoms with van der Waals surface area (Å²) in [6, 6.07) is 18.6. The number of benzene rings is 2. The third-order valence-electron chi connectivity index (χ3n) is 5.84. The Labute approximate surface area is 204 Å². The lowest BCUT2D eigenvalue weighted by molar-refractivity contribution is -0.126. The van der Waals surface area contributed by atoms with Crippen molar-refractivity contribution in [1.82, 2.24) is 15.6 Å². The first-order valence-corrected chi connectivity index (χ1v) is 12.0. The molecular weight excluding hydrogens is 457 g/mol. The molecule has 33 heavy (non-hydrogen) atoms. The second-order valence-electron chi connectivity index (χ2n) is 8.12. The second-order valence-corrected chi connectivity index (χ2v) is 8.99. The molecule has 4 rings (SSSR count). The number of piperidine rings is 1. The Bertz CT molecular complexity index is 1050. The molecule has 2 heterocycles. The highest BCUT2D eigenvalue weighted by Crippen LogP contribution is 2.30. The first kappa shape index (κ1) is 23.6.